The summed E-state index contributed by atoms with van der Waals surface area (Å²) in [5.41, 5.74) is 7.80. The molecule has 1 saturated heterocycles. The molecule has 2 aromatic carbocycles. The summed E-state index contributed by atoms with van der Waals surface area (Å²) in [7, 11) is 0. The Bertz CT molecular complexity index is 777. The molecule has 0 bridgehead atoms. The van der Waals surface area contributed by atoms with Crippen LogP contribution in [0.2, 0.25) is 0 Å². The second-order valence-corrected chi connectivity index (χ2v) is 6.76. The van der Waals surface area contributed by atoms with Gasteiger partial charge in [-0.2, -0.15) is 5.10 Å². The molecule has 0 radical (unpaired) electrons. The number of rotatable bonds is 4. The van der Waals surface area contributed by atoms with Crippen molar-refractivity contribution in [3.8, 4) is 0 Å². The minimum absolute atomic E-state index is 0.352. The monoisotopic (exact) mass is 350 g/mol. The van der Waals surface area contributed by atoms with Gasteiger partial charge in [0.1, 0.15) is 0 Å². The quantitative estimate of drug-likeness (QED) is 0.632. The lowest BCUT2D eigenvalue weighted by atomic mass is 10.1. The first-order valence-corrected chi connectivity index (χ1v) is 9.14. The van der Waals surface area contributed by atoms with Crippen molar-refractivity contribution in [1.29, 1.82) is 0 Å². The van der Waals surface area contributed by atoms with E-state index in [0.29, 0.717) is 0 Å². The number of carbonyl (C=O) groups is 1. The van der Waals surface area contributed by atoms with E-state index in [1.54, 1.807) is 6.21 Å². The first kappa shape index (κ1) is 18.0. The number of hydrogen-bond donors (Lipinski definition) is 2. The molecule has 2 aromatic rings. The highest BCUT2D eigenvalue weighted by Crippen LogP contribution is 2.19. The van der Waals surface area contributed by atoms with E-state index in [-0.39, 0.29) is 6.03 Å². The Balaban J connectivity index is 1.51. The highest BCUT2D eigenvalue weighted by Gasteiger charge is 2.10. The first-order valence-electron chi connectivity index (χ1n) is 9.14. The van der Waals surface area contributed by atoms with Crippen LogP contribution in [0, 0.1) is 13.8 Å². The van der Waals surface area contributed by atoms with E-state index in [2.05, 4.69) is 32.9 Å². The average Bonchev–Trinajstić information content (AvgIpc) is 2.66. The van der Waals surface area contributed by atoms with Crippen molar-refractivity contribution in [1.82, 2.24) is 5.43 Å². The number of nitrogens with zero attached hydrogens (tertiary/aromatic N) is 2. The Hall–Kier alpha value is -2.82. The molecular weight excluding hydrogens is 324 g/mol. The number of piperidine rings is 1. The standard InChI is InChI=1S/C21H26N4O/c1-16-6-9-19(14-17(16)2)23-21(26)24-22-15-18-7-10-20(11-8-18)25-12-4-3-5-13-25/h6-11,14-15H,3-5,12-13H2,1-2H3,(H2,23,24,26)/b22-15+. The van der Waals surface area contributed by atoms with Crippen molar-refractivity contribution in [2.45, 2.75) is 33.1 Å². The number of aryl methyl sites for hydroxylation is 2. The molecule has 2 N–H and O–H groups in total. The molecule has 136 valence electrons. The number of hydrogen-bond acceptors (Lipinski definition) is 3. The highest BCUT2D eigenvalue weighted by atomic mass is 16.2. The maximum absolute atomic E-state index is 11.9. The molecule has 0 aliphatic carbocycles. The molecule has 3 rings (SSSR count). The highest BCUT2D eigenvalue weighted by molar-refractivity contribution is 5.90. The van der Waals surface area contributed by atoms with Gasteiger partial charge in [-0.1, -0.05) is 18.2 Å². The summed E-state index contributed by atoms with van der Waals surface area (Å²) in [6.45, 7) is 6.32. The van der Waals surface area contributed by atoms with Gasteiger partial charge in [-0.3, -0.25) is 0 Å². The second kappa shape index (κ2) is 8.52. The Morgan fingerprint density at radius 3 is 2.42 bits per heavy atom. The Morgan fingerprint density at radius 1 is 1.00 bits per heavy atom. The van der Waals surface area contributed by atoms with Crippen LogP contribution in [0.1, 0.15) is 36.0 Å². The van der Waals surface area contributed by atoms with E-state index >= 15 is 0 Å². The third-order valence-corrected chi connectivity index (χ3v) is 4.76. The predicted octanol–water partition coefficient (Wildman–Crippen LogP) is 4.45. The van der Waals surface area contributed by atoms with Crippen LogP contribution in [0.15, 0.2) is 47.6 Å². The van der Waals surface area contributed by atoms with E-state index in [1.807, 2.05) is 44.2 Å². The number of urea groups is 1. The van der Waals surface area contributed by atoms with Crippen molar-refractivity contribution >= 4 is 23.6 Å². The van der Waals surface area contributed by atoms with Gasteiger partial charge >= 0.3 is 6.03 Å². The van der Waals surface area contributed by atoms with Gasteiger partial charge in [0.15, 0.2) is 0 Å². The molecule has 0 saturated carbocycles. The van der Waals surface area contributed by atoms with E-state index < -0.39 is 0 Å². The van der Waals surface area contributed by atoms with Crippen LogP contribution in [-0.2, 0) is 0 Å². The number of carbonyl (C=O) groups excluding carboxylic acids is 1. The average molecular weight is 350 g/mol. The second-order valence-electron chi connectivity index (χ2n) is 6.76. The summed E-state index contributed by atoms with van der Waals surface area (Å²) in [5.74, 6) is 0. The lowest BCUT2D eigenvalue weighted by Gasteiger charge is -2.28. The lowest BCUT2D eigenvalue weighted by molar-refractivity contribution is 0.252. The molecule has 5 nitrogen and oxygen atoms in total. The Kier molecular flexibility index (Phi) is 5.89. The van der Waals surface area contributed by atoms with Gasteiger partial charge in [0.25, 0.3) is 0 Å². The number of benzene rings is 2. The molecule has 0 unspecified atom stereocenters. The third-order valence-electron chi connectivity index (χ3n) is 4.76. The van der Waals surface area contributed by atoms with E-state index in [1.165, 1.54) is 30.5 Å². The molecule has 5 heteroatoms. The maximum Gasteiger partial charge on any atom is 0.339 e. The summed E-state index contributed by atoms with van der Waals surface area (Å²) >= 11 is 0. The molecule has 26 heavy (non-hydrogen) atoms. The number of amides is 2. The number of nitrogens with one attached hydrogen (secondary N) is 2. The maximum atomic E-state index is 11.9. The zero-order chi connectivity index (χ0) is 18.4. The van der Waals surface area contributed by atoms with Gasteiger partial charge in [-0.25, -0.2) is 10.2 Å². The van der Waals surface area contributed by atoms with Crippen LogP contribution in [0.3, 0.4) is 0 Å². The fourth-order valence-electron chi connectivity index (χ4n) is 3.07. The Morgan fingerprint density at radius 2 is 1.73 bits per heavy atom. The predicted molar refractivity (Wildman–Crippen MR) is 108 cm³/mol. The normalized spacial score (nSPS) is 14.5. The van der Waals surface area contributed by atoms with Crippen molar-refractivity contribution in [3.63, 3.8) is 0 Å². The van der Waals surface area contributed by atoms with Crippen molar-refractivity contribution in [2.24, 2.45) is 5.10 Å². The van der Waals surface area contributed by atoms with Crippen molar-refractivity contribution in [3.05, 3.63) is 59.2 Å². The van der Waals surface area contributed by atoms with E-state index in [4.69, 9.17) is 0 Å². The van der Waals surface area contributed by atoms with Crippen LogP contribution < -0.4 is 15.6 Å². The van der Waals surface area contributed by atoms with Crippen LogP contribution in [0.5, 0.6) is 0 Å². The summed E-state index contributed by atoms with van der Waals surface area (Å²) in [5, 5.41) is 6.80. The van der Waals surface area contributed by atoms with Gasteiger partial charge in [-0.05, 0) is 74.1 Å². The van der Waals surface area contributed by atoms with Crippen LogP contribution >= 0.6 is 0 Å². The van der Waals surface area contributed by atoms with Crippen LogP contribution in [-0.4, -0.2) is 25.3 Å². The summed E-state index contributed by atoms with van der Waals surface area (Å²) in [6, 6.07) is 13.7. The minimum atomic E-state index is -0.352. The topological polar surface area (TPSA) is 56.7 Å². The molecular formula is C21H26N4O. The van der Waals surface area contributed by atoms with Crippen molar-refractivity contribution < 1.29 is 4.79 Å². The van der Waals surface area contributed by atoms with Gasteiger partial charge < -0.3 is 10.2 Å². The van der Waals surface area contributed by atoms with Gasteiger partial charge in [0, 0.05) is 24.5 Å². The summed E-state index contributed by atoms with van der Waals surface area (Å²) in [4.78, 5) is 14.3. The molecule has 1 fully saturated rings. The van der Waals surface area contributed by atoms with Gasteiger partial charge in [0.05, 0.1) is 6.21 Å². The zero-order valence-corrected chi connectivity index (χ0v) is 15.5. The van der Waals surface area contributed by atoms with Crippen LogP contribution in [0.4, 0.5) is 16.2 Å². The number of hydrazone groups is 1. The summed E-state index contributed by atoms with van der Waals surface area (Å²) in [6.07, 6.45) is 5.52. The fraction of sp³-hybridized carbons (Fsp3) is 0.333. The summed E-state index contributed by atoms with van der Waals surface area (Å²) < 4.78 is 0. The molecule has 1 heterocycles. The Labute approximate surface area is 155 Å². The first-order chi connectivity index (χ1) is 12.6. The SMILES string of the molecule is Cc1ccc(NC(=O)N/N=C/c2ccc(N3CCCCC3)cc2)cc1C. The minimum Gasteiger partial charge on any atom is -0.372 e. The van der Waals surface area contributed by atoms with Gasteiger partial charge in [-0.15, -0.1) is 0 Å². The van der Waals surface area contributed by atoms with Gasteiger partial charge in [0.2, 0.25) is 0 Å². The molecule has 0 aromatic heterocycles. The van der Waals surface area contributed by atoms with Crippen LogP contribution in [0.25, 0.3) is 0 Å². The smallest absolute Gasteiger partial charge is 0.339 e. The fourth-order valence-corrected chi connectivity index (χ4v) is 3.07. The molecule has 2 amide bonds. The largest absolute Gasteiger partial charge is 0.372 e. The molecule has 0 atom stereocenters. The zero-order valence-electron chi connectivity index (χ0n) is 15.5. The van der Waals surface area contributed by atoms with E-state index in [0.717, 1.165) is 29.9 Å². The number of anilines is 2. The van der Waals surface area contributed by atoms with Crippen molar-refractivity contribution in [2.75, 3.05) is 23.3 Å². The molecule has 1 aliphatic heterocycles. The third kappa shape index (κ3) is 4.85. The molecule has 0 spiro atoms. The molecule has 1 aliphatic rings. The lowest BCUT2D eigenvalue weighted by Crippen LogP contribution is -2.29. The van der Waals surface area contributed by atoms with E-state index in [9.17, 15) is 4.79 Å².